The molecule has 1 aliphatic heterocycles. The number of hydrogen-bond donors (Lipinski definition) is 1. The van der Waals surface area contributed by atoms with Crippen molar-refractivity contribution in [3.8, 4) is 0 Å². The fourth-order valence-electron chi connectivity index (χ4n) is 5.78. The van der Waals surface area contributed by atoms with Gasteiger partial charge in [-0.25, -0.2) is 0 Å². The van der Waals surface area contributed by atoms with Gasteiger partial charge in [-0.05, 0) is 69.1 Å². The number of aliphatic hydroxyl groups is 1. The van der Waals surface area contributed by atoms with Crippen molar-refractivity contribution in [2.75, 3.05) is 38.6 Å². The van der Waals surface area contributed by atoms with Gasteiger partial charge in [-0.3, -0.25) is 9.59 Å². The topological polar surface area (TPSA) is 64.1 Å². The molecule has 2 aromatic carbocycles. The minimum absolute atomic E-state index is 0.0607. The van der Waals surface area contributed by atoms with Crippen molar-refractivity contribution in [2.24, 2.45) is 11.3 Å². The van der Waals surface area contributed by atoms with Crippen molar-refractivity contribution in [3.63, 3.8) is 0 Å². The Bertz CT molecular complexity index is 1230. The molecule has 1 N–H and O–H groups in total. The number of hydrogen-bond acceptors (Lipinski definition) is 4. The van der Waals surface area contributed by atoms with E-state index in [9.17, 15) is 27.9 Å². The van der Waals surface area contributed by atoms with Crippen LogP contribution in [-0.2, 0) is 10.4 Å². The third-order valence-electron chi connectivity index (χ3n) is 8.83. The Morgan fingerprint density at radius 3 is 2.27 bits per heavy atom. The Morgan fingerprint density at radius 1 is 1.10 bits per heavy atom. The summed E-state index contributed by atoms with van der Waals surface area (Å²) in [6.45, 7) is 5.64. The van der Waals surface area contributed by atoms with E-state index in [1.54, 1.807) is 18.0 Å². The number of alkyl halides is 3. The molecule has 0 aromatic heterocycles. The molecule has 2 aliphatic rings. The second-order valence-corrected chi connectivity index (χ2v) is 11.9. The first-order valence-corrected chi connectivity index (χ1v) is 14.0. The Kier molecular flexibility index (Phi) is 8.48. The van der Waals surface area contributed by atoms with Crippen LogP contribution in [0.3, 0.4) is 0 Å². The summed E-state index contributed by atoms with van der Waals surface area (Å²) in [6.07, 6.45) is -1.73. The van der Waals surface area contributed by atoms with Gasteiger partial charge in [0.1, 0.15) is 0 Å². The predicted octanol–water partition coefficient (Wildman–Crippen LogP) is 5.73. The molecule has 4 rings (SSSR count). The second-order valence-electron chi connectivity index (χ2n) is 11.5. The lowest BCUT2D eigenvalue weighted by Crippen LogP contribution is -2.55. The molecular formula is C30H37ClF3N3O3. The summed E-state index contributed by atoms with van der Waals surface area (Å²) >= 11 is 6.48. The standard InChI is InChI=1S/C30H37ClF3N3O3/c1-20(2)36(4)26(38)24-11-10-23(18-25(24)31)37-16-13-28(14-17-37)19-22(28)12-15-35(3)27(39)29(40,30(32,33)34)21-8-6-5-7-9-21/h5-11,18,20,22,40H,12-17,19H2,1-4H3/t22-,29-/m1/s1. The minimum atomic E-state index is -5.15. The van der Waals surface area contributed by atoms with Gasteiger partial charge in [0, 0.05) is 51.0 Å². The van der Waals surface area contributed by atoms with Crippen LogP contribution in [0.5, 0.6) is 0 Å². The maximum absolute atomic E-state index is 13.9. The molecule has 10 heteroatoms. The molecule has 0 unspecified atom stereocenters. The summed E-state index contributed by atoms with van der Waals surface area (Å²) in [6, 6.07) is 12.1. The van der Waals surface area contributed by atoms with E-state index in [4.69, 9.17) is 11.6 Å². The van der Waals surface area contributed by atoms with Crippen molar-refractivity contribution in [1.29, 1.82) is 0 Å². The number of carbonyl (C=O) groups is 2. The monoisotopic (exact) mass is 579 g/mol. The molecule has 1 heterocycles. The van der Waals surface area contributed by atoms with Gasteiger partial charge in [0.25, 0.3) is 17.4 Å². The lowest BCUT2D eigenvalue weighted by Gasteiger charge is -2.35. The van der Waals surface area contributed by atoms with Gasteiger partial charge in [0.2, 0.25) is 0 Å². The highest BCUT2D eigenvalue weighted by atomic mass is 35.5. The van der Waals surface area contributed by atoms with Crippen LogP contribution in [0.4, 0.5) is 18.9 Å². The fraction of sp³-hybridized carbons (Fsp3) is 0.533. The summed E-state index contributed by atoms with van der Waals surface area (Å²) in [5, 5.41) is 11.0. The molecule has 2 amide bonds. The Hall–Kier alpha value is -2.78. The van der Waals surface area contributed by atoms with Gasteiger partial charge in [-0.1, -0.05) is 41.9 Å². The quantitative estimate of drug-likeness (QED) is 0.434. The minimum Gasteiger partial charge on any atom is -0.371 e. The first-order chi connectivity index (χ1) is 18.7. The number of halogens is 4. The molecule has 218 valence electrons. The van der Waals surface area contributed by atoms with Crippen molar-refractivity contribution >= 4 is 29.1 Å². The van der Waals surface area contributed by atoms with Gasteiger partial charge in [-0.15, -0.1) is 0 Å². The molecule has 0 radical (unpaired) electrons. The fourth-order valence-corrected chi connectivity index (χ4v) is 6.03. The summed E-state index contributed by atoms with van der Waals surface area (Å²) in [4.78, 5) is 30.5. The van der Waals surface area contributed by atoms with Gasteiger partial charge in [-0.2, -0.15) is 13.2 Å². The summed E-state index contributed by atoms with van der Waals surface area (Å²) in [5.41, 5.74) is -2.51. The van der Waals surface area contributed by atoms with Crippen molar-refractivity contribution in [2.45, 2.75) is 57.3 Å². The van der Waals surface area contributed by atoms with Crippen LogP contribution in [0.25, 0.3) is 0 Å². The van der Waals surface area contributed by atoms with Gasteiger partial charge >= 0.3 is 6.18 Å². The molecule has 1 aliphatic carbocycles. The molecule has 1 saturated carbocycles. The predicted molar refractivity (Wildman–Crippen MR) is 149 cm³/mol. The van der Waals surface area contributed by atoms with Crippen LogP contribution < -0.4 is 4.90 Å². The van der Waals surface area contributed by atoms with Crippen molar-refractivity contribution < 1.29 is 27.9 Å². The average Bonchev–Trinajstić information content (AvgIpc) is 3.61. The Balaban J connectivity index is 1.33. The molecule has 2 aromatic rings. The van der Waals surface area contributed by atoms with Gasteiger partial charge in [0.15, 0.2) is 0 Å². The zero-order chi connectivity index (χ0) is 29.5. The zero-order valence-electron chi connectivity index (χ0n) is 23.3. The normalized spacial score (nSPS) is 19.9. The number of amides is 2. The third-order valence-corrected chi connectivity index (χ3v) is 9.14. The summed E-state index contributed by atoms with van der Waals surface area (Å²) in [5.74, 6) is -1.17. The average molecular weight is 580 g/mol. The highest BCUT2D eigenvalue weighted by molar-refractivity contribution is 6.34. The maximum Gasteiger partial charge on any atom is 0.430 e. The van der Waals surface area contributed by atoms with Crippen LogP contribution in [0.2, 0.25) is 5.02 Å². The smallest absolute Gasteiger partial charge is 0.371 e. The zero-order valence-corrected chi connectivity index (χ0v) is 24.1. The van der Waals surface area contributed by atoms with Crippen molar-refractivity contribution in [1.82, 2.24) is 9.80 Å². The first kappa shape index (κ1) is 30.2. The van der Waals surface area contributed by atoms with Crippen LogP contribution in [-0.4, -0.2) is 72.7 Å². The molecule has 2 atom stereocenters. The van der Waals surface area contributed by atoms with Crippen LogP contribution in [0.1, 0.15) is 55.5 Å². The second kappa shape index (κ2) is 11.2. The van der Waals surface area contributed by atoms with E-state index in [0.717, 1.165) is 55.1 Å². The molecule has 6 nitrogen and oxygen atoms in total. The van der Waals surface area contributed by atoms with E-state index in [2.05, 4.69) is 4.90 Å². The number of likely N-dealkylation sites (N-methyl/N-ethyl adjacent to an activating group) is 1. The SMILES string of the molecule is CC(C)N(C)C(=O)c1ccc(N2CCC3(CC2)C[C@H]3CCN(C)C(=O)[C@](O)(c2ccccc2)C(F)(F)F)cc1Cl. The lowest BCUT2D eigenvalue weighted by molar-refractivity contribution is -0.261. The maximum atomic E-state index is 13.9. The van der Waals surface area contributed by atoms with Gasteiger partial charge < -0.3 is 19.8 Å². The van der Waals surface area contributed by atoms with E-state index in [1.165, 1.54) is 25.2 Å². The molecule has 0 bridgehead atoms. The van der Waals surface area contributed by atoms with Crippen LogP contribution >= 0.6 is 11.6 Å². The van der Waals surface area contributed by atoms with Crippen molar-refractivity contribution in [3.05, 3.63) is 64.7 Å². The number of rotatable bonds is 8. The Labute approximate surface area is 238 Å². The number of carbonyl (C=O) groups excluding carboxylic acids is 2. The van der Waals surface area contributed by atoms with E-state index in [1.807, 2.05) is 26.0 Å². The number of piperidine rings is 1. The summed E-state index contributed by atoms with van der Waals surface area (Å²) in [7, 11) is 3.07. The molecule has 2 fully saturated rings. The summed E-state index contributed by atoms with van der Waals surface area (Å²) < 4.78 is 41.7. The van der Waals surface area contributed by atoms with E-state index in [0.29, 0.717) is 22.9 Å². The van der Waals surface area contributed by atoms with E-state index < -0.39 is 23.2 Å². The molecule has 1 spiro atoms. The van der Waals surface area contributed by atoms with E-state index >= 15 is 0 Å². The first-order valence-electron chi connectivity index (χ1n) is 13.6. The number of nitrogens with zero attached hydrogens (tertiary/aromatic N) is 3. The Morgan fingerprint density at radius 2 is 1.73 bits per heavy atom. The molecule has 40 heavy (non-hydrogen) atoms. The number of benzene rings is 2. The molecule has 1 saturated heterocycles. The van der Waals surface area contributed by atoms with Crippen LogP contribution in [0.15, 0.2) is 48.5 Å². The highest BCUT2D eigenvalue weighted by Gasteiger charge is 2.62. The largest absolute Gasteiger partial charge is 0.430 e. The molecular weight excluding hydrogens is 543 g/mol. The number of anilines is 1. The third kappa shape index (κ3) is 5.68. The lowest BCUT2D eigenvalue weighted by atomic mass is 9.89. The van der Waals surface area contributed by atoms with E-state index in [-0.39, 0.29) is 23.9 Å². The van der Waals surface area contributed by atoms with Crippen LogP contribution in [0, 0.1) is 11.3 Å². The highest BCUT2D eigenvalue weighted by Crippen LogP contribution is 2.61. The van der Waals surface area contributed by atoms with Gasteiger partial charge in [0.05, 0.1) is 10.6 Å².